The summed E-state index contributed by atoms with van der Waals surface area (Å²) in [5.74, 6) is 0.307. The van der Waals surface area contributed by atoms with E-state index in [1.807, 2.05) is 12.3 Å². The number of fused-ring (bicyclic) bond motifs is 1. The molecule has 118 valence electrons. The number of amides is 1. The number of nitrogens with one attached hydrogen (secondary N) is 2. The average molecular weight is 300 g/mol. The lowest BCUT2D eigenvalue weighted by molar-refractivity contribution is -0.121. The predicted octanol–water partition coefficient (Wildman–Crippen LogP) is 2.69. The van der Waals surface area contributed by atoms with Gasteiger partial charge in [0, 0.05) is 36.0 Å². The number of benzene rings is 1. The van der Waals surface area contributed by atoms with Crippen molar-refractivity contribution >= 4 is 16.8 Å². The molecule has 1 aliphatic carbocycles. The number of carbonyl (C=O) groups excluding carboxylic acids is 1. The fraction of sp³-hybridized carbons (Fsp3) is 0.500. The first-order valence-corrected chi connectivity index (χ1v) is 8.15. The third-order valence-electron chi connectivity index (χ3n) is 4.80. The van der Waals surface area contributed by atoms with Crippen molar-refractivity contribution in [2.24, 2.45) is 5.92 Å². The highest BCUT2D eigenvalue weighted by Gasteiger charge is 2.25. The summed E-state index contributed by atoms with van der Waals surface area (Å²) >= 11 is 0. The molecule has 3 N–H and O–H groups in total. The Balaban J connectivity index is 1.54. The number of rotatable bonds is 5. The number of aryl methyl sites for hydroxylation is 2. The van der Waals surface area contributed by atoms with Gasteiger partial charge in [-0.2, -0.15) is 0 Å². The molecule has 1 aliphatic rings. The molecule has 1 fully saturated rings. The number of hydrogen-bond acceptors (Lipinski definition) is 2. The van der Waals surface area contributed by atoms with E-state index in [9.17, 15) is 9.90 Å². The Kier molecular flexibility index (Phi) is 4.48. The van der Waals surface area contributed by atoms with Crippen LogP contribution in [0.3, 0.4) is 0 Å². The van der Waals surface area contributed by atoms with Crippen LogP contribution in [0.2, 0.25) is 0 Å². The van der Waals surface area contributed by atoms with Crippen LogP contribution in [0.1, 0.15) is 36.8 Å². The number of H-pyrrole nitrogens is 1. The van der Waals surface area contributed by atoms with Gasteiger partial charge in [-0.1, -0.05) is 18.6 Å². The lowest BCUT2D eigenvalue weighted by atomic mass is 10.0. The third-order valence-corrected chi connectivity index (χ3v) is 4.80. The topological polar surface area (TPSA) is 65.1 Å². The molecular weight excluding hydrogens is 276 g/mol. The maximum absolute atomic E-state index is 12.0. The van der Waals surface area contributed by atoms with Crippen molar-refractivity contribution in [3.05, 3.63) is 35.5 Å². The fourth-order valence-corrected chi connectivity index (χ4v) is 3.49. The van der Waals surface area contributed by atoms with Gasteiger partial charge in [-0.25, -0.2) is 0 Å². The Morgan fingerprint density at radius 1 is 1.41 bits per heavy atom. The van der Waals surface area contributed by atoms with Crippen LogP contribution in [-0.4, -0.2) is 28.6 Å². The molecule has 4 heteroatoms. The van der Waals surface area contributed by atoms with Crippen LogP contribution in [0.25, 0.3) is 10.9 Å². The van der Waals surface area contributed by atoms with Gasteiger partial charge in [0.15, 0.2) is 0 Å². The zero-order valence-corrected chi connectivity index (χ0v) is 13.1. The van der Waals surface area contributed by atoms with Gasteiger partial charge in [-0.3, -0.25) is 4.79 Å². The Morgan fingerprint density at radius 3 is 3.05 bits per heavy atom. The second-order valence-electron chi connectivity index (χ2n) is 6.37. The van der Waals surface area contributed by atoms with Crippen LogP contribution in [0, 0.1) is 12.8 Å². The van der Waals surface area contributed by atoms with Crippen molar-refractivity contribution in [2.75, 3.05) is 6.54 Å². The largest absolute Gasteiger partial charge is 0.393 e. The molecule has 0 unspecified atom stereocenters. The second-order valence-corrected chi connectivity index (χ2v) is 6.37. The molecule has 22 heavy (non-hydrogen) atoms. The van der Waals surface area contributed by atoms with Crippen LogP contribution in [-0.2, 0) is 11.2 Å². The zero-order valence-electron chi connectivity index (χ0n) is 13.1. The molecule has 0 saturated heterocycles. The summed E-state index contributed by atoms with van der Waals surface area (Å²) in [5.41, 5.74) is 3.57. The van der Waals surface area contributed by atoms with Crippen molar-refractivity contribution in [2.45, 2.75) is 45.1 Å². The molecular formula is C18H24N2O2. The van der Waals surface area contributed by atoms with Crippen LogP contribution in [0.5, 0.6) is 0 Å². The monoisotopic (exact) mass is 300 g/mol. The van der Waals surface area contributed by atoms with Gasteiger partial charge in [-0.15, -0.1) is 0 Å². The number of carbonyl (C=O) groups is 1. The lowest BCUT2D eigenvalue weighted by Gasteiger charge is -2.15. The summed E-state index contributed by atoms with van der Waals surface area (Å²) in [6.45, 7) is 2.70. The van der Waals surface area contributed by atoms with Gasteiger partial charge in [0.05, 0.1) is 6.10 Å². The minimum absolute atomic E-state index is 0.0713. The molecule has 0 aliphatic heterocycles. The predicted molar refractivity (Wildman–Crippen MR) is 87.7 cm³/mol. The Morgan fingerprint density at radius 2 is 2.27 bits per heavy atom. The SMILES string of the molecule is Cc1cccc2[nH]cc(CCC(=O)NC[C@H]3CCC[C@@H]3O)c12. The Bertz CT molecular complexity index is 662. The summed E-state index contributed by atoms with van der Waals surface area (Å²) in [4.78, 5) is 15.3. The van der Waals surface area contributed by atoms with Crippen LogP contribution in [0.4, 0.5) is 0 Å². The summed E-state index contributed by atoms with van der Waals surface area (Å²) in [7, 11) is 0. The highest BCUT2D eigenvalue weighted by atomic mass is 16.3. The van der Waals surface area contributed by atoms with Gasteiger partial charge in [-0.05, 0) is 43.4 Å². The first-order chi connectivity index (χ1) is 10.6. The van der Waals surface area contributed by atoms with E-state index >= 15 is 0 Å². The number of aliphatic hydroxyl groups excluding tert-OH is 1. The maximum Gasteiger partial charge on any atom is 0.220 e. The molecule has 0 radical (unpaired) electrons. The molecule has 1 aromatic carbocycles. The summed E-state index contributed by atoms with van der Waals surface area (Å²) in [6, 6.07) is 6.20. The average Bonchev–Trinajstić information content (AvgIpc) is 3.10. The van der Waals surface area contributed by atoms with E-state index in [2.05, 4.69) is 29.4 Å². The molecule has 2 aromatic rings. The molecule has 1 amide bonds. The zero-order chi connectivity index (χ0) is 15.5. The minimum Gasteiger partial charge on any atom is -0.393 e. The molecule has 3 rings (SSSR count). The van der Waals surface area contributed by atoms with Crippen LogP contribution >= 0.6 is 0 Å². The van der Waals surface area contributed by atoms with E-state index in [1.165, 1.54) is 16.5 Å². The summed E-state index contributed by atoms with van der Waals surface area (Å²) < 4.78 is 0. The molecule has 4 nitrogen and oxygen atoms in total. The van der Waals surface area contributed by atoms with E-state index in [4.69, 9.17) is 0 Å². The molecule has 1 aromatic heterocycles. The number of aromatic amines is 1. The van der Waals surface area contributed by atoms with E-state index in [1.54, 1.807) is 0 Å². The summed E-state index contributed by atoms with van der Waals surface area (Å²) in [5, 5.41) is 14.0. The fourth-order valence-electron chi connectivity index (χ4n) is 3.49. The van der Waals surface area contributed by atoms with Gasteiger partial charge in [0.25, 0.3) is 0 Å². The molecule has 1 saturated carbocycles. The highest BCUT2D eigenvalue weighted by Crippen LogP contribution is 2.25. The van der Waals surface area contributed by atoms with E-state index in [0.717, 1.165) is 31.2 Å². The number of aromatic nitrogens is 1. The standard InChI is InChI=1S/C18H24N2O2/c1-12-4-2-6-15-18(12)14(11-19-15)8-9-17(22)20-10-13-5-3-7-16(13)21/h2,4,6,11,13,16,19,21H,3,5,7-10H2,1H3,(H,20,22)/t13-,16+/m1/s1. The quantitative estimate of drug-likeness (QED) is 0.795. The molecule has 0 spiro atoms. The highest BCUT2D eigenvalue weighted by molar-refractivity contribution is 5.87. The molecule has 0 bridgehead atoms. The Hall–Kier alpha value is -1.81. The Labute approximate surface area is 130 Å². The van der Waals surface area contributed by atoms with Crippen molar-refractivity contribution in [3.8, 4) is 0 Å². The minimum atomic E-state index is -0.239. The van der Waals surface area contributed by atoms with Crippen LogP contribution in [0.15, 0.2) is 24.4 Å². The second kappa shape index (κ2) is 6.53. The normalized spacial score (nSPS) is 21.4. The summed E-state index contributed by atoms with van der Waals surface area (Å²) in [6.07, 6.45) is 5.95. The first kappa shape index (κ1) is 15.1. The lowest BCUT2D eigenvalue weighted by Crippen LogP contribution is -2.32. The van der Waals surface area contributed by atoms with Gasteiger partial charge in [0.2, 0.25) is 5.91 Å². The van der Waals surface area contributed by atoms with Crippen LogP contribution < -0.4 is 5.32 Å². The van der Waals surface area contributed by atoms with Gasteiger partial charge < -0.3 is 15.4 Å². The van der Waals surface area contributed by atoms with E-state index < -0.39 is 0 Å². The molecule has 2 atom stereocenters. The van der Waals surface area contributed by atoms with Crippen molar-refractivity contribution in [1.82, 2.24) is 10.3 Å². The van der Waals surface area contributed by atoms with Crippen molar-refractivity contribution < 1.29 is 9.90 Å². The van der Waals surface area contributed by atoms with E-state index in [-0.39, 0.29) is 17.9 Å². The first-order valence-electron chi connectivity index (χ1n) is 8.15. The third kappa shape index (κ3) is 3.17. The van der Waals surface area contributed by atoms with Gasteiger partial charge in [0.1, 0.15) is 0 Å². The maximum atomic E-state index is 12.0. The van der Waals surface area contributed by atoms with E-state index in [0.29, 0.717) is 13.0 Å². The van der Waals surface area contributed by atoms with Crippen molar-refractivity contribution in [1.29, 1.82) is 0 Å². The van der Waals surface area contributed by atoms with Crippen molar-refractivity contribution in [3.63, 3.8) is 0 Å². The smallest absolute Gasteiger partial charge is 0.220 e. The number of aliphatic hydroxyl groups is 1. The molecule has 1 heterocycles. The number of hydrogen-bond donors (Lipinski definition) is 3. The van der Waals surface area contributed by atoms with Gasteiger partial charge >= 0.3 is 0 Å².